The minimum Gasteiger partial charge on any atom is -0.322 e. The Morgan fingerprint density at radius 2 is 2.13 bits per heavy atom. The maximum atomic E-state index is 13.1. The van der Waals surface area contributed by atoms with E-state index >= 15 is 0 Å². The predicted molar refractivity (Wildman–Crippen MR) is 51.0 cm³/mol. The van der Waals surface area contributed by atoms with Crippen LogP contribution in [0, 0.1) is 5.95 Å². The molecule has 0 aliphatic carbocycles. The summed E-state index contributed by atoms with van der Waals surface area (Å²) in [6.45, 7) is 3.35. The first-order valence-corrected chi connectivity index (χ1v) is 4.62. The summed E-state index contributed by atoms with van der Waals surface area (Å²) in [5.74, 6) is -1.15. The molecule has 0 fully saturated rings. The van der Waals surface area contributed by atoms with Gasteiger partial charge in [0.2, 0.25) is 5.95 Å². The van der Waals surface area contributed by atoms with E-state index in [2.05, 4.69) is 4.98 Å². The molecule has 0 aliphatic heterocycles. The van der Waals surface area contributed by atoms with Crippen LogP contribution in [-0.4, -0.2) is 4.98 Å². The minimum absolute atomic E-state index is 0.118. The number of aromatic nitrogens is 1. The molecule has 0 radical (unpaired) electrons. The quantitative estimate of drug-likeness (QED) is 0.792. The number of hydrogen-bond donors (Lipinski definition) is 1. The lowest BCUT2D eigenvalue weighted by Gasteiger charge is -2.25. The monoisotopic (exact) mass is 218 g/mol. The highest BCUT2D eigenvalue weighted by atomic mass is 19.3. The fourth-order valence-corrected chi connectivity index (χ4v) is 1.34. The van der Waals surface area contributed by atoms with E-state index in [-0.39, 0.29) is 5.56 Å². The molecule has 0 spiro atoms. The van der Waals surface area contributed by atoms with Gasteiger partial charge in [-0.05, 0) is 25.0 Å². The van der Waals surface area contributed by atoms with Crippen molar-refractivity contribution in [2.45, 2.75) is 32.2 Å². The molecule has 0 saturated heterocycles. The lowest BCUT2D eigenvalue weighted by molar-refractivity contribution is 0.141. The Balaban J connectivity index is 3.35. The van der Waals surface area contributed by atoms with Gasteiger partial charge in [0.25, 0.3) is 6.43 Å². The van der Waals surface area contributed by atoms with Gasteiger partial charge in [-0.2, -0.15) is 4.39 Å². The average molecular weight is 218 g/mol. The predicted octanol–water partition coefficient (Wildman–Crippen LogP) is 2.74. The Labute approximate surface area is 86.3 Å². The van der Waals surface area contributed by atoms with Crippen LogP contribution in [0.25, 0.3) is 0 Å². The molecule has 84 valence electrons. The van der Waals surface area contributed by atoms with Crippen molar-refractivity contribution in [2.75, 3.05) is 0 Å². The molecule has 1 aromatic heterocycles. The molecule has 5 heteroatoms. The second kappa shape index (κ2) is 4.18. The van der Waals surface area contributed by atoms with Crippen LogP contribution in [0.4, 0.5) is 13.2 Å². The van der Waals surface area contributed by atoms with E-state index in [4.69, 9.17) is 5.73 Å². The molecule has 2 nitrogen and oxygen atoms in total. The highest BCUT2D eigenvalue weighted by molar-refractivity contribution is 5.32. The van der Waals surface area contributed by atoms with Gasteiger partial charge in [0.15, 0.2) is 0 Å². The van der Waals surface area contributed by atoms with Crippen LogP contribution in [-0.2, 0) is 5.54 Å². The summed E-state index contributed by atoms with van der Waals surface area (Å²) in [5.41, 5.74) is 4.28. The van der Waals surface area contributed by atoms with Crippen LogP contribution in [0.1, 0.15) is 37.8 Å². The standard InChI is InChI=1S/C10H13F3N2/c1-3-10(2,14)6-4-5-15-9(13)7(6)8(11)12/h4-5,8H,3,14H2,1-2H3. The molecule has 1 rings (SSSR count). The van der Waals surface area contributed by atoms with Crippen LogP contribution in [0.2, 0.25) is 0 Å². The van der Waals surface area contributed by atoms with Gasteiger partial charge in [0.05, 0.1) is 5.56 Å². The number of nitrogens with zero attached hydrogens (tertiary/aromatic N) is 1. The SMILES string of the molecule is CCC(C)(N)c1ccnc(F)c1C(F)F. The van der Waals surface area contributed by atoms with Crippen molar-refractivity contribution >= 4 is 0 Å². The molecular weight excluding hydrogens is 205 g/mol. The summed E-state index contributed by atoms with van der Waals surface area (Å²) in [7, 11) is 0. The van der Waals surface area contributed by atoms with Gasteiger partial charge in [0.1, 0.15) is 0 Å². The minimum atomic E-state index is -2.90. The van der Waals surface area contributed by atoms with Gasteiger partial charge >= 0.3 is 0 Å². The number of rotatable bonds is 3. The first kappa shape index (κ1) is 12.0. The normalized spacial score (nSPS) is 15.4. The van der Waals surface area contributed by atoms with Crippen molar-refractivity contribution in [3.05, 3.63) is 29.3 Å². The fraction of sp³-hybridized carbons (Fsp3) is 0.500. The summed E-state index contributed by atoms with van der Waals surface area (Å²) in [6, 6.07) is 1.34. The first-order chi connectivity index (χ1) is 6.90. The van der Waals surface area contributed by atoms with E-state index in [1.807, 2.05) is 0 Å². The third-order valence-electron chi connectivity index (χ3n) is 2.51. The van der Waals surface area contributed by atoms with Crippen LogP contribution in [0.15, 0.2) is 12.3 Å². The molecule has 1 atom stereocenters. The zero-order valence-electron chi connectivity index (χ0n) is 8.60. The Hall–Kier alpha value is -1.10. The highest BCUT2D eigenvalue weighted by Gasteiger charge is 2.28. The number of halogens is 3. The van der Waals surface area contributed by atoms with E-state index in [1.165, 1.54) is 6.07 Å². The van der Waals surface area contributed by atoms with Crippen molar-refractivity contribution in [3.8, 4) is 0 Å². The Morgan fingerprint density at radius 1 is 1.53 bits per heavy atom. The summed E-state index contributed by atoms with van der Waals surface area (Å²) in [5, 5.41) is 0. The molecule has 1 heterocycles. The molecular formula is C10H13F3N2. The summed E-state index contributed by atoms with van der Waals surface area (Å²) >= 11 is 0. The maximum Gasteiger partial charge on any atom is 0.268 e. The van der Waals surface area contributed by atoms with Crippen LogP contribution >= 0.6 is 0 Å². The lowest BCUT2D eigenvalue weighted by atomic mass is 9.88. The maximum absolute atomic E-state index is 13.1. The Bertz CT molecular complexity index is 351. The van der Waals surface area contributed by atoms with Crippen molar-refractivity contribution in [1.29, 1.82) is 0 Å². The molecule has 0 aliphatic rings. The third kappa shape index (κ3) is 2.28. The summed E-state index contributed by atoms with van der Waals surface area (Å²) in [6.07, 6.45) is -1.31. The molecule has 2 N–H and O–H groups in total. The molecule has 0 saturated carbocycles. The summed E-state index contributed by atoms with van der Waals surface area (Å²) in [4.78, 5) is 3.21. The van der Waals surface area contributed by atoms with E-state index in [0.717, 1.165) is 6.20 Å². The van der Waals surface area contributed by atoms with Gasteiger partial charge in [-0.3, -0.25) is 0 Å². The van der Waals surface area contributed by atoms with Gasteiger partial charge in [-0.1, -0.05) is 6.92 Å². The van der Waals surface area contributed by atoms with Gasteiger partial charge in [0, 0.05) is 11.7 Å². The van der Waals surface area contributed by atoms with Crippen LogP contribution < -0.4 is 5.73 Å². The Morgan fingerprint density at radius 3 is 2.60 bits per heavy atom. The molecule has 0 bridgehead atoms. The molecule has 1 aromatic rings. The van der Waals surface area contributed by atoms with Crippen molar-refractivity contribution < 1.29 is 13.2 Å². The Kier molecular flexibility index (Phi) is 3.34. The van der Waals surface area contributed by atoms with Crippen LogP contribution in [0.3, 0.4) is 0 Å². The van der Waals surface area contributed by atoms with Gasteiger partial charge in [-0.25, -0.2) is 13.8 Å². The van der Waals surface area contributed by atoms with Crippen molar-refractivity contribution in [3.63, 3.8) is 0 Å². The van der Waals surface area contributed by atoms with Crippen molar-refractivity contribution in [1.82, 2.24) is 4.98 Å². The number of hydrogen-bond acceptors (Lipinski definition) is 2. The van der Waals surface area contributed by atoms with Crippen LogP contribution in [0.5, 0.6) is 0 Å². The zero-order valence-corrected chi connectivity index (χ0v) is 8.60. The number of pyridine rings is 1. The summed E-state index contributed by atoms with van der Waals surface area (Å²) < 4.78 is 38.4. The fourth-order valence-electron chi connectivity index (χ4n) is 1.34. The second-order valence-electron chi connectivity index (χ2n) is 3.63. The molecule has 15 heavy (non-hydrogen) atoms. The zero-order chi connectivity index (χ0) is 11.6. The van der Waals surface area contributed by atoms with E-state index in [0.29, 0.717) is 6.42 Å². The van der Waals surface area contributed by atoms with Gasteiger partial charge in [-0.15, -0.1) is 0 Å². The molecule has 0 amide bonds. The number of alkyl halides is 2. The molecule has 1 unspecified atom stereocenters. The largest absolute Gasteiger partial charge is 0.322 e. The van der Waals surface area contributed by atoms with E-state index in [1.54, 1.807) is 13.8 Å². The second-order valence-corrected chi connectivity index (χ2v) is 3.63. The number of nitrogens with two attached hydrogens (primary N) is 1. The smallest absolute Gasteiger partial charge is 0.268 e. The van der Waals surface area contributed by atoms with E-state index in [9.17, 15) is 13.2 Å². The van der Waals surface area contributed by atoms with Crippen molar-refractivity contribution in [2.24, 2.45) is 5.73 Å². The lowest BCUT2D eigenvalue weighted by Crippen LogP contribution is -2.33. The highest BCUT2D eigenvalue weighted by Crippen LogP contribution is 2.32. The molecule has 0 aromatic carbocycles. The van der Waals surface area contributed by atoms with Gasteiger partial charge < -0.3 is 5.73 Å². The van der Waals surface area contributed by atoms with E-state index < -0.39 is 23.5 Å². The average Bonchev–Trinajstić information content (AvgIpc) is 2.16. The topological polar surface area (TPSA) is 38.9 Å². The first-order valence-electron chi connectivity index (χ1n) is 4.62. The third-order valence-corrected chi connectivity index (χ3v) is 2.51.